The van der Waals surface area contributed by atoms with Crippen LogP contribution in [-0.2, 0) is 6.61 Å². The van der Waals surface area contributed by atoms with Gasteiger partial charge < -0.3 is 15.2 Å². The third kappa shape index (κ3) is 4.49. The number of benzene rings is 3. The van der Waals surface area contributed by atoms with Crippen LogP contribution in [0.2, 0.25) is 0 Å². The Balaban J connectivity index is 1.65. The van der Waals surface area contributed by atoms with Gasteiger partial charge in [0.25, 0.3) is 0 Å². The Hall–Kier alpha value is -4.30. The van der Waals surface area contributed by atoms with Crippen LogP contribution in [0.25, 0.3) is 22.4 Å². The maximum atomic E-state index is 9.65. The molecule has 5 heteroatoms. The molecule has 0 saturated carbocycles. The summed E-state index contributed by atoms with van der Waals surface area (Å²) in [6, 6.07) is 29.3. The summed E-state index contributed by atoms with van der Waals surface area (Å²) in [5, 5.41) is 9.65. The molecule has 31 heavy (non-hydrogen) atoms. The summed E-state index contributed by atoms with van der Waals surface area (Å²) in [6.45, 7) is 0.492. The van der Waals surface area contributed by atoms with Crippen LogP contribution in [0.3, 0.4) is 0 Å². The monoisotopic (exact) mass is 407 g/mol. The van der Waals surface area contributed by atoms with Gasteiger partial charge >= 0.3 is 0 Å². The predicted molar refractivity (Wildman–Crippen MR) is 122 cm³/mol. The summed E-state index contributed by atoms with van der Waals surface area (Å²) in [5.41, 5.74) is 10.7. The number of nitrogen functional groups attached to an aromatic ring is 1. The van der Waals surface area contributed by atoms with E-state index in [0.29, 0.717) is 17.9 Å². The van der Waals surface area contributed by atoms with Gasteiger partial charge in [-0.3, -0.25) is 0 Å². The number of anilines is 1. The molecule has 0 radical (unpaired) electrons. The molecule has 1 heterocycles. The van der Waals surface area contributed by atoms with Gasteiger partial charge in [0, 0.05) is 11.1 Å². The molecule has 0 aliphatic rings. The number of methoxy groups -OCH3 is 1. The number of pyridine rings is 1. The van der Waals surface area contributed by atoms with Crippen LogP contribution in [0.1, 0.15) is 11.1 Å². The minimum atomic E-state index is 0.197. The highest BCUT2D eigenvalue weighted by Gasteiger charge is 2.14. The minimum absolute atomic E-state index is 0.197. The Morgan fingerprint density at radius 2 is 1.65 bits per heavy atom. The molecule has 3 aromatic carbocycles. The van der Waals surface area contributed by atoms with Crippen molar-refractivity contribution in [2.45, 2.75) is 6.61 Å². The van der Waals surface area contributed by atoms with Crippen LogP contribution < -0.4 is 15.2 Å². The SMILES string of the molecule is COc1cccc(-c2cc(-c3ccc(OCc4ccccc4)cc3)c(C#N)c(N)n2)c1. The number of nitrogens with two attached hydrogens (primary N) is 1. The Morgan fingerprint density at radius 3 is 2.35 bits per heavy atom. The standard InChI is InChI=1S/C26H21N3O2/c1-30-22-9-5-8-20(14-22)25-15-23(24(16-27)26(28)29-25)19-10-12-21(13-11-19)31-17-18-6-3-2-4-7-18/h2-15H,17H2,1H3,(H2,28,29). The summed E-state index contributed by atoms with van der Waals surface area (Å²) in [4.78, 5) is 4.43. The number of ether oxygens (including phenoxy) is 2. The molecule has 0 unspecified atom stereocenters. The molecule has 0 bridgehead atoms. The van der Waals surface area contributed by atoms with Crippen LogP contribution in [-0.4, -0.2) is 12.1 Å². The Bertz CT molecular complexity index is 1230. The average Bonchev–Trinajstić information content (AvgIpc) is 2.83. The smallest absolute Gasteiger partial charge is 0.142 e. The highest BCUT2D eigenvalue weighted by molar-refractivity contribution is 5.80. The lowest BCUT2D eigenvalue weighted by Crippen LogP contribution is -2.00. The average molecular weight is 407 g/mol. The van der Waals surface area contributed by atoms with Crippen LogP contribution in [0.4, 0.5) is 5.82 Å². The van der Waals surface area contributed by atoms with Crippen LogP contribution in [0.5, 0.6) is 11.5 Å². The van der Waals surface area contributed by atoms with Gasteiger partial charge in [0.15, 0.2) is 0 Å². The molecule has 0 saturated heterocycles. The number of hydrogen-bond acceptors (Lipinski definition) is 5. The fourth-order valence-electron chi connectivity index (χ4n) is 3.31. The molecule has 4 aromatic rings. The van der Waals surface area contributed by atoms with Gasteiger partial charge in [0.2, 0.25) is 0 Å². The molecule has 4 rings (SSSR count). The lowest BCUT2D eigenvalue weighted by molar-refractivity contribution is 0.306. The Morgan fingerprint density at radius 1 is 0.871 bits per heavy atom. The van der Waals surface area contributed by atoms with Gasteiger partial charge in [-0.05, 0) is 41.5 Å². The lowest BCUT2D eigenvalue weighted by atomic mass is 9.98. The zero-order valence-corrected chi connectivity index (χ0v) is 17.1. The molecular formula is C26H21N3O2. The first-order chi connectivity index (χ1) is 15.2. The van der Waals surface area contributed by atoms with Gasteiger partial charge in [-0.25, -0.2) is 4.98 Å². The zero-order valence-electron chi connectivity index (χ0n) is 17.1. The molecular weight excluding hydrogens is 386 g/mol. The second-order valence-electron chi connectivity index (χ2n) is 6.96. The number of nitrogens with zero attached hydrogens (tertiary/aromatic N) is 2. The number of aromatic nitrogens is 1. The first-order valence-corrected chi connectivity index (χ1v) is 9.80. The van der Waals surface area contributed by atoms with E-state index in [1.807, 2.05) is 84.9 Å². The second-order valence-corrected chi connectivity index (χ2v) is 6.96. The van der Waals surface area contributed by atoms with Crippen molar-refractivity contribution in [2.75, 3.05) is 12.8 Å². The van der Waals surface area contributed by atoms with Crippen molar-refractivity contribution in [1.82, 2.24) is 4.98 Å². The van der Waals surface area contributed by atoms with E-state index in [-0.39, 0.29) is 5.82 Å². The van der Waals surface area contributed by atoms with Crippen molar-refractivity contribution in [3.05, 3.63) is 96.1 Å². The summed E-state index contributed by atoms with van der Waals surface area (Å²) < 4.78 is 11.2. The molecule has 5 nitrogen and oxygen atoms in total. The topological polar surface area (TPSA) is 81.2 Å². The van der Waals surface area contributed by atoms with E-state index in [1.165, 1.54) is 0 Å². The van der Waals surface area contributed by atoms with E-state index in [1.54, 1.807) is 7.11 Å². The van der Waals surface area contributed by atoms with Gasteiger partial charge in [-0.1, -0.05) is 54.6 Å². The van der Waals surface area contributed by atoms with Crippen molar-refractivity contribution in [3.8, 4) is 40.0 Å². The van der Waals surface area contributed by atoms with Gasteiger partial charge in [-0.2, -0.15) is 5.26 Å². The molecule has 0 atom stereocenters. The molecule has 0 aliphatic heterocycles. The lowest BCUT2D eigenvalue weighted by Gasteiger charge is -2.12. The zero-order chi connectivity index (χ0) is 21.6. The Kier molecular flexibility index (Phi) is 5.82. The van der Waals surface area contributed by atoms with Crippen molar-refractivity contribution in [3.63, 3.8) is 0 Å². The summed E-state index contributed by atoms with van der Waals surface area (Å²) in [7, 11) is 1.62. The van der Waals surface area contributed by atoms with Crippen LogP contribution in [0.15, 0.2) is 84.9 Å². The third-order valence-corrected chi connectivity index (χ3v) is 4.94. The number of rotatable bonds is 6. The van der Waals surface area contributed by atoms with E-state index in [4.69, 9.17) is 15.2 Å². The van der Waals surface area contributed by atoms with Gasteiger partial charge in [-0.15, -0.1) is 0 Å². The normalized spacial score (nSPS) is 10.3. The fraction of sp³-hybridized carbons (Fsp3) is 0.0769. The van der Waals surface area contributed by atoms with Crippen LogP contribution >= 0.6 is 0 Å². The highest BCUT2D eigenvalue weighted by Crippen LogP contribution is 2.33. The molecule has 1 aromatic heterocycles. The fourth-order valence-corrected chi connectivity index (χ4v) is 3.31. The third-order valence-electron chi connectivity index (χ3n) is 4.94. The van der Waals surface area contributed by atoms with E-state index in [9.17, 15) is 5.26 Å². The van der Waals surface area contributed by atoms with E-state index < -0.39 is 0 Å². The van der Waals surface area contributed by atoms with Gasteiger partial charge in [0.1, 0.15) is 35.6 Å². The summed E-state index contributed by atoms with van der Waals surface area (Å²) in [6.07, 6.45) is 0. The van der Waals surface area contributed by atoms with Gasteiger partial charge in [0.05, 0.1) is 12.8 Å². The van der Waals surface area contributed by atoms with Crippen molar-refractivity contribution < 1.29 is 9.47 Å². The second kappa shape index (κ2) is 9.02. The Labute approximate surface area is 181 Å². The molecule has 0 amide bonds. The van der Waals surface area contributed by atoms with Crippen molar-refractivity contribution >= 4 is 5.82 Å². The summed E-state index contributed by atoms with van der Waals surface area (Å²) in [5.74, 6) is 1.67. The first kappa shape index (κ1) is 20.0. The minimum Gasteiger partial charge on any atom is -0.497 e. The number of nitriles is 1. The van der Waals surface area contributed by atoms with E-state index in [2.05, 4.69) is 11.1 Å². The molecule has 0 spiro atoms. The molecule has 0 aliphatic carbocycles. The largest absolute Gasteiger partial charge is 0.497 e. The van der Waals surface area contributed by atoms with Crippen molar-refractivity contribution in [2.24, 2.45) is 0 Å². The van der Waals surface area contributed by atoms with E-state index in [0.717, 1.165) is 33.8 Å². The summed E-state index contributed by atoms with van der Waals surface area (Å²) >= 11 is 0. The predicted octanol–water partition coefficient (Wildman–Crippen LogP) is 5.46. The van der Waals surface area contributed by atoms with E-state index >= 15 is 0 Å². The molecule has 152 valence electrons. The highest BCUT2D eigenvalue weighted by atomic mass is 16.5. The quantitative estimate of drug-likeness (QED) is 0.459. The number of hydrogen-bond donors (Lipinski definition) is 1. The maximum absolute atomic E-state index is 9.65. The van der Waals surface area contributed by atoms with Crippen LogP contribution in [0, 0.1) is 11.3 Å². The first-order valence-electron chi connectivity index (χ1n) is 9.80. The molecule has 0 fully saturated rings. The molecule has 2 N–H and O–H groups in total. The van der Waals surface area contributed by atoms with Crippen molar-refractivity contribution in [1.29, 1.82) is 5.26 Å². The maximum Gasteiger partial charge on any atom is 0.142 e.